The van der Waals surface area contributed by atoms with Gasteiger partial charge in [-0.2, -0.15) is 13.2 Å². The minimum atomic E-state index is -4.30. The summed E-state index contributed by atoms with van der Waals surface area (Å²) in [5.41, 5.74) is 0.238. The Kier molecular flexibility index (Phi) is 3.70. The number of hydrogen-bond acceptors (Lipinski definition) is 1. The molecule has 0 amide bonds. The number of rotatable bonds is 1. The topological polar surface area (TPSA) is 3.24 Å². The van der Waals surface area contributed by atoms with Crippen molar-refractivity contribution in [3.63, 3.8) is 0 Å². The molecule has 0 spiro atoms. The van der Waals surface area contributed by atoms with Crippen LogP contribution in [0.4, 0.5) is 18.9 Å². The van der Waals surface area contributed by atoms with E-state index in [1.54, 1.807) is 6.07 Å². The van der Waals surface area contributed by atoms with Gasteiger partial charge in [0.05, 0.1) is 11.3 Å². The number of alkyl halides is 4. The number of nitrogens with zero attached hydrogens (tertiary/aromatic N) is 1. The van der Waals surface area contributed by atoms with E-state index in [4.69, 9.17) is 11.6 Å². The summed E-state index contributed by atoms with van der Waals surface area (Å²) in [4.78, 5) is 2.25. The molecule has 110 valence electrons. The first kappa shape index (κ1) is 14.5. The van der Waals surface area contributed by atoms with Crippen molar-refractivity contribution < 1.29 is 13.2 Å². The first-order valence-electron chi connectivity index (χ1n) is 6.65. The number of fused-ring (bicyclic) bond motifs is 2. The second-order valence-electron chi connectivity index (χ2n) is 5.52. The minimum Gasteiger partial charge on any atom is -0.365 e. The normalized spacial score (nSPS) is 29.9. The molecule has 1 aromatic carbocycles. The van der Waals surface area contributed by atoms with Crippen LogP contribution >= 0.6 is 27.5 Å². The van der Waals surface area contributed by atoms with E-state index in [0.717, 1.165) is 37.4 Å². The number of benzene rings is 1. The van der Waals surface area contributed by atoms with Crippen molar-refractivity contribution in [2.24, 2.45) is 0 Å². The highest BCUT2D eigenvalue weighted by molar-refractivity contribution is 9.10. The van der Waals surface area contributed by atoms with Gasteiger partial charge in [0.1, 0.15) is 0 Å². The molecule has 2 bridgehead atoms. The lowest BCUT2D eigenvalue weighted by molar-refractivity contribution is -0.137. The summed E-state index contributed by atoms with van der Waals surface area (Å²) < 4.78 is 38.6. The third-order valence-corrected chi connectivity index (χ3v) is 5.22. The fourth-order valence-corrected chi connectivity index (χ4v) is 4.39. The fourth-order valence-electron chi connectivity index (χ4n) is 3.40. The lowest BCUT2D eigenvalue weighted by Gasteiger charge is -2.39. The quantitative estimate of drug-likeness (QED) is 0.615. The molecule has 1 nitrogen and oxygen atoms in total. The molecule has 2 aliphatic heterocycles. The summed E-state index contributed by atoms with van der Waals surface area (Å²) >= 11 is 9.54. The van der Waals surface area contributed by atoms with Gasteiger partial charge < -0.3 is 4.90 Å². The van der Waals surface area contributed by atoms with E-state index >= 15 is 0 Å². The Hall–Kier alpha value is -0.420. The number of piperidine rings is 1. The summed E-state index contributed by atoms with van der Waals surface area (Å²) in [6.45, 7) is 0. The molecule has 2 heterocycles. The number of anilines is 1. The maximum atomic E-state index is 12.7. The van der Waals surface area contributed by atoms with Crippen molar-refractivity contribution >= 4 is 33.2 Å². The Morgan fingerprint density at radius 3 is 2.25 bits per heavy atom. The molecular formula is C14H14BrClF3N. The summed E-state index contributed by atoms with van der Waals surface area (Å²) in [5, 5.41) is 0.192. The molecule has 0 aliphatic carbocycles. The van der Waals surface area contributed by atoms with Crippen LogP contribution < -0.4 is 4.90 Å². The smallest absolute Gasteiger partial charge is 0.365 e. The van der Waals surface area contributed by atoms with Crippen LogP contribution in [-0.2, 0) is 6.18 Å². The fraction of sp³-hybridized carbons (Fsp3) is 0.571. The lowest BCUT2D eigenvalue weighted by Crippen LogP contribution is -2.43. The SMILES string of the molecule is FC(F)(F)c1ccc(N2C3CCC2CC(Cl)C3)c(Br)c1. The molecule has 6 heteroatoms. The molecule has 0 saturated carbocycles. The maximum absolute atomic E-state index is 12.7. The molecule has 2 fully saturated rings. The summed E-state index contributed by atoms with van der Waals surface area (Å²) in [7, 11) is 0. The molecule has 2 aliphatic rings. The van der Waals surface area contributed by atoms with E-state index in [-0.39, 0.29) is 5.38 Å². The summed E-state index contributed by atoms with van der Waals surface area (Å²) in [6, 6.07) is 4.61. The van der Waals surface area contributed by atoms with Gasteiger partial charge in [-0.05, 0) is 59.8 Å². The molecule has 1 aromatic rings. The van der Waals surface area contributed by atoms with Gasteiger partial charge in [0.15, 0.2) is 0 Å². The Balaban J connectivity index is 1.92. The lowest BCUT2D eigenvalue weighted by atomic mass is 10.0. The largest absolute Gasteiger partial charge is 0.416 e. The van der Waals surface area contributed by atoms with E-state index < -0.39 is 11.7 Å². The van der Waals surface area contributed by atoms with Crippen molar-refractivity contribution in [3.8, 4) is 0 Å². The predicted molar refractivity (Wildman–Crippen MR) is 77.3 cm³/mol. The van der Waals surface area contributed by atoms with Gasteiger partial charge >= 0.3 is 6.18 Å². The van der Waals surface area contributed by atoms with Gasteiger partial charge in [-0.1, -0.05) is 0 Å². The zero-order valence-electron chi connectivity index (χ0n) is 10.6. The van der Waals surface area contributed by atoms with Gasteiger partial charge in [0, 0.05) is 21.9 Å². The van der Waals surface area contributed by atoms with Crippen LogP contribution in [0.15, 0.2) is 22.7 Å². The first-order valence-corrected chi connectivity index (χ1v) is 7.88. The van der Waals surface area contributed by atoms with Gasteiger partial charge in [-0.15, -0.1) is 11.6 Å². The van der Waals surface area contributed by atoms with E-state index in [1.807, 2.05) is 0 Å². The standard InChI is InChI=1S/C14H14BrClF3N/c15-12-5-8(14(17,18)19)1-4-13(12)20-10-2-3-11(20)7-9(16)6-10/h1,4-5,9-11H,2-3,6-7H2. The number of hydrogen-bond donors (Lipinski definition) is 0. The zero-order chi connectivity index (χ0) is 14.5. The van der Waals surface area contributed by atoms with Crippen molar-refractivity contribution in [2.45, 2.75) is 49.3 Å². The van der Waals surface area contributed by atoms with Crippen LogP contribution in [-0.4, -0.2) is 17.5 Å². The molecule has 0 N–H and O–H groups in total. The van der Waals surface area contributed by atoms with Crippen LogP contribution in [0.2, 0.25) is 0 Å². The van der Waals surface area contributed by atoms with Gasteiger partial charge in [-0.3, -0.25) is 0 Å². The maximum Gasteiger partial charge on any atom is 0.416 e. The van der Waals surface area contributed by atoms with E-state index in [1.165, 1.54) is 6.07 Å². The monoisotopic (exact) mass is 367 g/mol. The van der Waals surface area contributed by atoms with Crippen molar-refractivity contribution in [1.82, 2.24) is 0 Å². The van der Waals surface area contributed by atoms with Crippen molar-refractivity contribution in [2.75, 3.05) is 4.90 Å². The van der Waals surface area contributed by atoms with Gasteiger partial charge in [0.25, 0.3) is 0 Å². The highest BCUT2D eigenvalue weighted by Gasteiger charge is 2.41. The highest BCUT2D eigenvalue weighted by Crippen LogP contribution is 2.44. The molecule has 20 heavy (non-hydrogen) atoms. The van der Waals surface area contributed by atoms with Crippen LogP contribution in [0.3, 0.4) is 0 Å². The highest BCUT2D eigenvalue weighted by atomic mass is 79.9. The average molecular weight is 369 g/mol. The van der Waals surface area contributed by atoms with Crippen LogP contribution in [0.25, 0.3) is 0 Å². The van der Waals surface area contributed by atoms with Crippen molar-refractivity contribution in [3.05, 3.63) is 28.2 Å². The first-order chi connectivity index (χ1) is 9.36. The predicted octanol–water partition coefficient (Wildman–Crippen LogP) is 5.21. The van der Waals surface area contributed by atoms with E-state index in [9.17, 15) is 13.2 Å². The Labute approximate surface area is 129 Å². The Morgan fingerprint density at radius 2 is 1.75 bits per heavy atom. The van der Waals surface area contributed by atoms with Gasteiger partial charge in [-0.25, -0.2) is 0 Å². The second kappa shape index (κ2) is 5.09. The summed E-state index contributed by atoms with van der Waals surface area (Å²) in [6.07, 6.45) is -0.344. The molecule has 0 radical (unpaired) electrons. The third kappa shape index (κ3) is 2.54. The van der Waals surface area contributed by atoms with Crippen LogP contribution in [0.1, 0.15) is 31.2 Å². The Bertz CT molecular complexity index is 506. The summed E-state index contributed by atoms with van der Waals surface area (Å²) in [5.74, 6) is 0. The van der Waals surface area contributed by atoms with Crippen LogP contribution in [0, 0.1) is 0 Å². The van der Waals surface area contributed by atoms with E-state index in [0.29, 0.717) is 16.6 Å². The second-order valence-corrected chi connectivity index (χ2v) is 7.00. The molecule has 2 saturated heterocycles. The van der Waals surface area contributed by atoms with Gasteiger partial charge in [0.2, 0.25) is 0 Å². The van der Waals surface area contributed by atoms with Crippen LogP contribution in [0.5, 0.6) is 0 Å². The molecule has 3 rings (SSSR count). The third-order valence-electron chi connectivity index (χ3n) is 4.23. The molecule has 0 aromatic heterocycles. The molecule has 2 atom stereocenters. The molecule has 2 unspecified atom stereocenters. The van der Waals surface area contributed by atoms with Crippen molar-refractivity contribution in [1.29, 1.82) is 0 Å². The average Bonchev–Trinajstić information content (AvgIpc) is 2.61. The minimum absolute atomic E-state index is 0.192. The Morgan fingerprint density at radius 1 is 1.15 bits per heavy atom. The molecular weight excluding hydrogens is 355 g/mol. The number of halogens is 5. The zero-order valence-corrected chi connectivity index (χ0v) is 13.0. The van der Waals surface area contributed by atoms with E-state index in [2.05, 4.69) is 20.8 Å².